The van der Waals surface area contributed by atoms with Crippen LogP contribution in [0.3, 0.4) is 0 Å². The fourth-order valence-electron chi connectivity index (χ4n) is 2.69. The summed E-state index contributed by atoms with van der Waals surface area (Å²) in [6.07, 6.45) is 0.281. The Morgan fingerprint density at radius 3 is 2.30 bits per heavy atom. The van der Waals surface area contributed by atoms with Gasteiger partial charge in [0.2, 0.25) is 15.9 Å². The van der Waals surface area contributed by atoms with Gasteiger partial charge in [-0.05, 0) is 36.4 Å². The zero-order chi connectivity index (χ0) is 22.5. The highest BCUT2D eigenvalue weighted by Gasteiger charge is 2.26. The summed E-state index contributed by atoms with van der Waals surface area (Å²) in [6, 6.07) is 7.68. The number of amides is 2. The SMILES string of the molecule is CCC(=O)Nc1ccc(Cl)c(NC(=O)c2ccc(F)c(S(=O)(=O)N(CC)CC)c2)c1. The van der Waals surface area contributed by atoms with Crippen molar-refractivity contribution >= 4 is 44.8 Å². The number of carbonyl (C=O) groups is 2. The molecule has 0 atom stereocenters. The zero-order valence-corrected chi connectivity index (χ0v) is 18.4. The van der Waals surface area contributed by atoms with E-state index in [1.165, 1.54) is 18.2 Å². The Morgan fingerprint density at radius 1 is 1.03 bits per heavy atom. The zero-order valence-electron chi connectivity index (χ0n) is 16.8. The predicted molar refractivity (Wildman–Crippen MR) is 115 cm³/mol. The molecule has 0 aliphatic rings. The van der Waals surface area contributed by atoms with Gasteiger partial charge in [0, 0.05) is 30.8 Å². The van der Waals surface area contributed by atoms with Gasteiger partial charge in [-0.15, -0.1) is 0 Å². The largest absolute Gasteiger partial charge is 0.326 e. The van der Waals surface area contributed by atoms with Gasteiger partial charge in [0.05, 0.1) is 10.7 Å². The first-order chi connectivity index (χ1) is 14.1. The van der Waals surface area contributed by atoms with E-state index >= 15 is 0 Å². The quantitative estimate of drug-likeness (QED) is 0.626. The van der Waals surface area contributed by atoms with Crippen LogP contribution in [-0.4, -0.2) is 37.6 Å². The van der Waals surface area contributed by atoms with E-state index in [1.807, 2.05) is 0 Å². The number of hydrogen-bond acceptors (Lipinski definition) is 4. The van der Waals surface area contributed by atoms with Gasteiger partial charge < -0.3 is 10.6 Å². The number of benzene rings is 2. The Hall–Kier alpha value is -2.49. The molecule has 0 bridgehead atoms. The molecule has 2 amide bonds. The smallest absolute Gasteiger partial charge is 0.255 e. The second-order valence-corrected chi connectivity index (χ2v) is 8.60. The molecule has 0 saturated heterocycles. The average Bonchev–Trinajstić information content (AvgIpc) is 2.71. The summed E-state index contributed by atoms with van der Waals surface area (Å²) in [5.41, 5.74) is 0.597. The number of anilines is 2. The van der Waals surface area contributed by atoms with Crippen molar-refractivity contribution < 1.29 is 22.4 Å². The van der Waals surface area contributed by atoms with Crippen LogP contribution in [-0.2, 0) is 14.8 Å². The van der Waals surface area contributed by atoms with Crippen molar-refractivity contribution in [3.05, 3.63) is 52.8 Å². The standard InChI is InChI=1S/C20H23ClFN3O4S/c1-4-19(26)23-14-8-9-15(21)17(12-14)24-20(27)13-7-10-16(22)18(11-13)30(28,29)25(5-2)6-3/h7-12H,4-6H2,1-3H3,(H,23,26)(H,24,27). The van der Waals surface area contributed by atoms with Crippen molar-refractivity contribution in [2.75, 3.05) is 23.7 Å². The van der Waals surface area contributed by atoms with Gasteiger partial charge in [0.15, 0.2) is 0 Å². The second-order valence-electron chi connectivity index (χ2n) is 6.29. The maximum Gasteiger partial charge on any atom is 0.255 e. The fourth-order valence-corrected chi connectivity index (χ4v) is 4.40. The molecule has 2 aromatic carbocycles. The predicted octanol–water partition coefficient (Wildman–Crippen LogP) is 4.11. The first kappa shape index (κ1) is 23.8. The summed E-state index contributed by atoms with van der Waals surface area (Å²) in [6.45, 7) is 5.32. The lowest BCUT2D eigenvalue weighted by Gasteiger charge is -2.19. The normalized spacial score (nSPS) is 11.4. The number of rotatable bonds is 8. The molecule has 0 aromatic heterocycles. The third-order valence-corrected chi connectivity index (χ3v) is 6.73. The molecule has 30 heavy (non-hydrogen) atoms. The van der Waals surface area contributed by atoms with Gasteiger partial charge >= 0.3 is 0 Å². The minimum absolute atomic E-state index is 0.0544. The lowest BCUT2D eigenvalue weighted by atomic mass is 10.2. The molecule has 10 heteroatoms. The Balaban J connectivity index is 2.35. The molecule has 0 unspecified atom stereocenters. The Bertz CT molecular complexity index is 1060. The summed E-state index contributed by atoms with van der Waals surface area (Å²) in [5, 5.41) is 5.43. The summed E-state index contributed by atoms with van der Waals surface area (Å²) < 4.78 is 40.7. The van der Waals surface area contributed by atoms with Crippen molar-refractivity contribution in [2.45, 2.75) is 32.1 Å². The van der Waals surface area contributed by atoms with Crippen molar-refractivity contribution in [1.29, 1.82) is 0 Å². The number of nitrogens with zero attached hydrogens (tertiary/aromatic N) is 1. The van der Waals surface area contributed by atoms with Crippen LogP contribution in [0.15, 0.2) is 41.3 Å². The van der Waals surface area contributed by atoms with Gasteiger partial charge in [0.25, 0.3) is 5.91 Å². The van der Waals surface area contributed by atoms with Crippen molar-refractivity contribution in [1.82, 2.24) is 4.31 Å². The number of sulfonamides is 1. The molecule has 162 valence electrons. The summed E-state index contributed by atoms with van der Waals surface area (Å²) in [7, 11) is -4.09. The molecule has 0 saturated carbocycles. The van der Waals surface area contributed by atoms with Crippen LogP contribution in [0.5, 0.6) is 0 Å². The molecule has 7 nitrogen and oxygen atoms in total. The average molecular weight is 456 g/mol. The number of nitrogens with one attached hydrogen (secondary N) is 2. The summed E-state index contributed by atoms with van der Waals surface area (Å²) in [5.74, 6) is -1.83. The third-order valence-electron chi connectivity index (χ3n) is 4.34. The van der Waals surface area contributed by atoms with Crippen molar-refractivity contribution in [3.63, 3.8) is 0 Å². The van der Waals surface area contributed by atoms with Crippen LogP contribution < -0.4 is 10.6 Å². The lowest BCUT2D eigenvalue weighted by Crippen LogP contribution is -2.31. The van der Waals surface area contributed by atoms with Gasteiger partial charge in [-0.3, -0.25) is 9.59 Å². The van der Waals surface area contributed by atoms with Gasteiger partial charge in [-0.2, -0.15) is 4.31 Å². The monoisotopic (exact) mass is 455 g/mol. The van der Waals surface area contributed by atoms with E-state index in [2.05, 4.69) is 10.6 Å². The number of halogens is 2. The highest BCUT2D eigenvalue weighted by Crippen LogP contribution is 2.27. The maximum absolute atomic E-state index is 14.3. The van der Waals surface area contributed by atoms with Crippen LogP contribution in [0.1, 0.15) is 37.6 Å². The summed E-state index contributed by atoms with van der Waals surface area (Å²) >= 11 is 6.12. The molecule has 0 spiro atoms. The molecule has 2 N–H and O–H groups in total. The van der Waals surface area contributed by atoms with Gasteiger partial charge in [-0.1, -0.05) is 32.4 Å². The lowest BCUT2D eigenvalue weighted by molar-refractivity contribution is -0.115. The van der Waals surface area contributed by atoms with Crippen molar-refractivity contribution in [3.8, 4) is 0 Å². The second kappa shape index (κ2) is 10.0. The van der Waals surface area contributed by atoms with E-state index in [-0.39, 0.29) is 41.7 Å². The van der Waals surface area contributed by atoms with E-state index in [4.69, 9.17) is 11.6 Å². The first-order valence-corrected chi connectivity index (χ1v) is 11.2. The molecular formula is C20H23ClFN3O4S. The van der Waals surface area contributed by atoms with Crippen LogP contribution >= 0.6 is 11.6 Å². The number of hydrogen-bond donors (Lipinski definition) is 2. The van der Waals surface area contributed by atoms with Crippen LogP contribution in [0.2, 0.25) is 5.02 Å². The molecule has 0 fully saturated rings. The molecule has 2 rings (SSSR count). The molecule has 0 heterocycles. The topological polar surface area (TPSA) is 95.6 Å². The van der Waals surface area contributed by atoms with E-state index in [0.717, 1.165) is 16.4 Å². The molecule has 0 aliphatic heterocycles. The van der Waals surface area contributed by atoms with Crippen molar-refractivity contribution in [2.24, 2.45) is 0 Å². The van der Waals surface area contributed by atoms with Crippen LogP contribution in [0.25, 0.3) is 0 Å². The molecule has 0 aliphatic carbocycles. The molecule has 2 aromatic rings. The first-order valence-electron chi connectivity index (χ1n) is 9.34. The maximum atomic E-state index is 14.3. The van der Waals surface area contributed by atoms with E-state index in [0.29, 0.717) is 5.69 Å². The summed E-state index contributed by atoms with van der Waals surface area (Å²) in [4.78, 5) is 23.7. The minimum Gasteiger partial charge on any atom is -0.326 e. The Kier molecular flexibility index (Phi) is 7.94. The van der Waals surface area contributed by atoms with E-state index < -0.39 is 26.6 Å². The Morgan fingerprint density at radius 2 is 1.70 bits per heavy atom. The van der Waals surface area contributed by atoms with E-state index in [9.17, 15) is 22.4 Å². The van der Waals surface area contributed by atoms with Gasteiger partial charge in [-0.25, -0.2) is 12.8 Å². The highest BCUT2D eigenvalue weighted by atomic mass is 35.5. The van der Waals surface area contributed by atoms with Gasteiger partial charge in [0.1, 0.15) is 10.7 Å². The third kappa shape index (κ3) is 5.35. The highest BCUT2D eigenvalue weighted by molar-refractivity contribution is 7.89. The molecular weight excluding hydrogens is 433 g/mol. The molecule has 0 radical (unpaired) electrons. The Labute approximate surface area is 180 Å². The van der Waals surface area contributed by atoms with Crippen LogP contribution in [0, 0.1) is 5.82 Å². The fraction of sp³-hybridized carbons (Fsp3) is 0.300. The van der Waals surface area contributed by atoms with Crippen LogP contribution in [0.4, 0.5) is 15.8 Å². The minimum atomic E-state index is -4.09. The van der Waals surface area contributed by atoms with E-state index in [1.54, 1.807) is 26.8 Å². The number of carbonyl (C=O) groups excluding carboxylic acids is 2.